The highest BCUT2D eigenvalue weighted by atomic mass is 79.9. The zero-order chi connectivity index (χ0) is 19.3. The lowest BCUT2D eigenvalue weighted by Crippen LogP contribution is -2.43. The molecule has 2 aromatic carbocycles. The van der Waals surface area contributed by atoms with Crippen molar-refractivity contribution in [2.24, 2.45) is 0 Å². The Bertz CT molecular complexity index is 801. The summed E-state index contributed by atoms with van der Waals surface area (Å²) in [5, 5.41) is 0. The van der Waals surface area contributed by atoms with E-state index in [1.807, 2.05) is 12.1 Å². The first-order valence-electron chi connectivity index (χ1n) is 7.94. The van der Waals surface area contributed by atoms with Gasteiger partial charge in [-0.1, -0.05) is 26.8 Å². The minimum Gasteiger partial charge on any atom is -0.483 e. The Hall–Kier alpha value is -2.41. The van der Waals surface area contributed by atoms with Gasteiger partial charge in [-0.2, -0.15) is 0 Å². The van der Waals surface area contributed by atoms with E-state index in [9.17, 15) is 14.0 Å². The molecule has 7 heteroatoms. The molecule has 2 aromatic rings. The standard InChI is InChI=1S/C19H20BrFN2O3/c1-19(2,3)13-6-9-16(15(20)10-13)26-11-17(24)22-23-18(25)12-4-7-14(21)8-5-12/h4-10H,11H2,1-3H3,(H,22,24)(H,23,25). The van der Waals surface area contributed by atoms with Crippen molar-refractivity contribution in [1.29, 1.82) is 0 Å². The van der Waals surface area contributed by atoms with E-state index < -0.39 is 17.6 Å². The van der Waals surface area contributed by atoms with Gasteiger partial charge in [-0.25, -0.2) is 4.39 Å². The molecule has 5 nitrogen and oxygen atoms in total. The number of benzene rings is 2. The minimum atomic E-state index is -0.547. The average molecular weight is 423 g/mol. The predicted octanol–water partition coefficient (Wildman–Crippen LogP) is 3.73. The van der Waals surface area contributed by atoms with Gasteiger partial charge in [0.15, 0.2) is 6.61 Å². The topological polar surface area (TPSA) is 67.4 Å². The van der Waals surface area contributed by atoms with Crippen molar-refractivity contribution < 1.29 is 18.7 Å². The summed E-state index contributed by atoms with van der Waals surface area (Å²) >= 11 is 3.43. The molecule has 26 heavy (non-hydrogen) atoms. The Morgan fingerprint density at radius 2 is 1.73 bits per heavy atom. The molecular weight excluding hydrogens is 403 g/mol. The van der Waals surface area contributed by atoms with Crippen LogP contribution in [0.15, 0.2) is 46.9 Å². The van der Waals surface area contributed by atoms with Crippen LogP contribution in [0.4, 0.5) is 4.39 Å². The second-order valence-electron chi connectivity index (χ2n) is 6.69. The molecule has 138 valence electrons. The average Bonchev–Trinajstić information content (AvgIpc) is 2.58. The van der Waals surface area contributed by atoms with Gasteiger partial charge in [0, 0.05) is 5.56 Å². The number of amides is 2. The van der Waals surface area contributed by atoms with Crippen LogP contribution in [0.25, 0.3) is 0 Å². The van der Waals surface area contributed by atoms with Crippen LogP contribution in [0.1, 0.15) is 36.7 Å². The van der Waals surface area contributed by atoms with Gasteiger partial charge in [0.1, 0.15) is 11.6 Å². The molecule has 0 atom stereocenters. The van der Waals surface area contributed by atoms with Gasteiger partial charge in [-0.3, -0.25) is 20.4 Å². The lowest BCUT2D eigenvalue weighted by atomic mass is 9.87. The minimum absolute atomic E-state index is 0.00304. The second kappa shape index (κ2) is 8.31. The predicted molar refractivity (Wildman–Crippen MR) is 100 cm³/mol. The molecule has 0 bridgehead atoms. The third-order valence-corrected chi connectivity index (χ3v) is 4.20. The van der Waals surface area contributed by atoms with Crippen molar-refractivity contribution in [3.8, 4) is 5.75 Å². The fourth-order valence-corrected chi connectivity index (χ4v) is 2.56. The molecule has 0 unspecified atom stereocenters. The largest absolute Gasteiger partial charge is 0.483 e. The second-order valence-corrected chi connectivity index (χ2v) is 7.55. The van der Waals surface area contributed by atoms with E-state index >= 15 is 0 Å². The number of hydrogen-bond acceptors (Lipinski definition) is 3. The number of halogens is 2. The normalized spacial score (nSPS) is 11.0. The van der Waals surface area contributed by atoms with Crippen LogP contribution < -0.4 is 15.6 Å². The number of carbonyl (C=O) groups is 2. The van der Waals surface area contributed by atoms with E-state index in [2.05, 4.69) is 47.6 Å². The molecular formula is C19H20BrFN2O3. The van der Waals surface area contributed by atoms with Crippen LogP contribution >= 0.6 is 15.9 Å². The summed E-state index contributed by atoms with van der Waals surface area (Å²) in [6.45, 7) is 6.04. The quantitative estimate of drug-likeness (QED) is 0.737. The van der Waals surface area contributed by atoms with Gasteiger partial charge in [0.05, 0.1) is 4.47 Å². The zero-order valence-electron chi connectivity index (χ0n) is 14.7. The Balaban J connectivity index is 1.85. The smallest absolute Gasteiger partial charge is 0.276 e. The molecule has 2 rings (SSSR count). The summed E-state index contributed by atoms with van der Waals surface area (Å²) in [5.74, 6) is -0.985. The molecule has 0 aliphatic carbocycles. The summed E-state index contributed by atoms with van der Waals surface area (Å²) in [6, 6.07) is 10.6. The van der Waals surface area contributed by atoms with Crippen LogP contribution in [-0.4, -0.2) is 18.4 Å². The van der Waals surface area contributed by atoms with E-state index in [0.29, 0.717) is 5.75 Å². The number of hydrogen-bond donors (Lipinski definition) is 2. The fourth-order valence-electron chi connectivity index (χ4n) is 2.06. The first kappa shape index (κ1) is 19.9. The van der Waals surface area contributed by atoms with Gasteiger partial charge in [-0.15, -0.1) is 0 Å². The molecule has 2 amide bonds. The maximum absolute atomic E-state index is 12.8. The summed E-state index contributed by atoms with van der Waals surface area (Å²) in [5.41, 5.74) is 5.86. The summed E-state index contributed by atoms with van der Waals surface area (Å²) in [6.07, 6.45) is 0. The van der Waals surface area contributed by atoms with E-state index in [0.717, 1.165) is 10.0 Å². The van der Waals surface area contributed by atoms with Crippen LogP contribution in [-0.2, 0) is 10.2 Å². The molecule has 0 aliphatic heterocycles. The zero-order valence-corrected chi connectivity index (χ0v) is 16.3. The highest BCUT2D eigenvalue weighted by Crippen LogP contribution is 2.31. The maximum Gasteiger partial charge on any atom is 0.276 e. The molecule has 2 N–H and O–H groups in total. The van der Waals surface area contributed by atoms with E-state index in [4.69, 9.17) is 4.74 Å². The maximum atomic E-state index is 12.8. The monoisotopic (exact) mass is 422 g/mol. The molecule has 0 heterocycles. The van der Waals surface area contributed by atoms with Crippen molar-refractivity contribution in [3.63, 3.8) is 0 Å². The molecule has 0 spiro atoms. The molecule has 0 saturated heterocycles. The van der Waals surface area contributed by atoms with E-state index in [1.165, 1.54) is 24.3 Å². The highest BCUT2D eigenvalue weighted by molar-refractivity contribution is 9.10. The molecule has 0 fully saturated rings. The summed E-state index contributed by atoms with van der Waals surface area (Å²) < 4.78 is 19.0. The molecule has 0 radical (unpaired) electrons. The van der Waals surface area contributed by atoms with Crippen molar-refractivity contribution in [2.75, 3.05) is 6.61 Å². The SMILES string of the molecule is CC(C)(C)c1ccc(OCC(=O)NNC(=O)c2ccc(F)cc2)c(Br)c1. The van der Waals surface area contributed by atoms with Crippen molar-refractivity contribution >= 4 is 27.7 Å². The first-order valence-corrected chi connectivity index (χ1v) is 8.73. The van der Waals surface area contributed by atoms with Gasteiger partial charge >= 0.3 is 0 Å². The summed E-state index contributed by atoms with van der Waals surface area (Å²) in [7, 11) is 0. The lowest BCUT2D eigenvalue weighted by Gasteiger charge is -2.20. The molecule has 0 saturated carbocycles. The highest BCUT2D eigenvalue weighted by Gasteiger charge is 2.16. The van der Waals surface area contributed by atoms with Gasteiger partial charge in [-0.05, 0) is 63.3 Å². The van der Waals surface area contributed by atoms with Crippen molar-refractivity contribution in [2.45, 2.75) is 26.2 Å². The van der Waals surface area contributed by atoms with E-state index in [-0.39, 0.29) is 17.6 Å². The number of ether oxygens (including phenoxy) is 1. The third-order valence-electron chi connectivity index (χ3n) is 3.58. The molecule has 0 aliphatic rings. The Kier molecular flexibility index (Phi) is 6.37. The molecule has 0 aromatic heterocycles. The van der Waals surface area contributed by atoms with Gasteiger partial charge in [0.25, 0.3) is 11.8 Å². The third kappa shape index (κ3) is 5.56. The van der Waals surface area contributed by atoms with Gasteiger partial charge in [0.2, 0.25) is 0 Å². The van der Waals surface area contributed by atoms with Crippen molar-refractivity contribution in [3.05, 3.63) is 63.9 Å². The summed E-state index contributed by atoms with van der Waals surface area (Å²) in [4.78, 5) is 23.6. The van der Waals surface area contributed by atoms with Crippen molar-refractivity contribution in [1.82, 2.24) is 10.9 Å². The Morgan fingerprint density at radius 1 is 1.08 bits per heavy atom. The number of nitrogens with one attached hydrogen (secondary N) is 2. The van der Waals surface area contributed by atoms with Crippen LogP contribution in [0.3, 0.4) is 0 Å². The van der Waals surface area contributed by atoms with E-state index in [1.54, 1.807) is 6.07 Å². The first-order chi connectivity index (χ1) is 12.2. The number of hydrazine groups is 1. The van der Waals surface area contributed by atoms with Crippen LogP contribution in [0.5, 0.6) is 5.75 Å². The number of carbonyl (C=O) groups excluding carboxylic acids is 2. The van der Waals surface area contributed by atoms with Crippen LogP contribution in [0, 0.1) is 5.82 Å². The fraction of sp³-hybridized carbons (Fsp3) is 0.263. The lowest BCUT2D eigenvalue weighted by molar-refractivity contribution is -0.123. The van der Waals surface area contributed by atoms with Crippen LogP contribution in [0.2, 0.25) is 0 Å². The Morgan fingerprint density at radius 3 is 2.31 bits per heavy atom. The van der Waals surface area contributed by atoms with Gasteiger partial charge < -0.3 is 4.74 Å². The Labute approximate surface area is 160 Å². The number of rotatable bonds is 4.